The first kappa shape index (κ1) is 15.0. The highest BCUT2D eigenvalue weighted by Crippen LogP contribution is 2.36. The molecule has 21 heavy (non-hydrogen) atoms. The number of rotatable bonds is 1. The molecule has 0 aromatic heterocycles. The quantitative estimate of drug-likeness (QED) is 0.839. The summed E-state index contributed by atoms with van der Waals surface area (Å²) >= 11 is 3.20. The van der Waals surface area contributed by atoms with Crippen LogP contribution in [-0.4, -0.2) is 37.0 Å². The Morgan fingerprint density at radius 2 is 2.14 bits per heavy atom. The summed E-state index contributed by atoms with van der Waals surface area (Å²) in [7, 11) is 0. The van der Waals surface area contributed by atoms with Gasteiger partial charge in [-0.3, -0.25) is 4.79 Å². The molecule has 1 atom stereocenters. The van der Waals surface area contributed by atoms with Gasteiger partial charge in [0, 0.05) is 25.0 Å². The summed E-state index contributed by atoms with van der Waals surface area (Å²) in [6.45, 7) is 3.61. The Balaban J connectivity index is 1.79. The van der Waals surface area contributed by atoms with Crippen LogP contribution in [0.15, 0.2) is 22.7 Å². The number of likely N-dealkylation sites (tertiary alicyclic amines) is 1. The number of halogens is 2. The maximum atomic E-state index is 13.6. The summed E-state index contributed by atoms with van der Waals surface area (Å²) < 4.78 is 13.9. The van der Waals surface area contributed by atoms with E-state index in [1.165, 1.54) is 25.3 Å². The topological polar surface area (TPSA) is 32.3 Å². The van der Waals surface area contributed by atoms with Crippen LogP contribution in [0.5, 0.6) is 0 Å². The van der Waals surface area contributed by atoms with Gasteiger partial charge in [0.2, 0.25) is 0 Å². The monoisotopic (exact) mass is 354 g/mol. The summed E-state index contributed by atoms with van der Waals surface area (Å²) in [5.41, 5.74) is 0.641. The third kappa shape index (κ3) is 2.99. The zero-order valence-electron chi connectivity index (χ0n) is 12.0. The molecular formula is C16H20BrFN2O. The van der Waals surface area contributed by atoms with Crippen LogP contribution < -0.4 is 5.32 Å². The minimum absolute atomic E-state index is 0.0639. The van der Waals surface area contributed by atoms with E-state index in [1.54, 1.807) is 12.1 Å². The van der Waals surface area contributed by atoms with Gasteiger partial charge in [-0.15, -0.1) is 0 Å². The highest BCUT2D eigenvalue weighted by molar-refractivity contribution is 9.10. The predicted octanol–water partition coefficient (Wildman–Crippen LogP) is 3.19. The van der Waals surface area contributed by atoms with Crippen molar-refractivity contribution in [2.75, 3.05) is 26.2 Å². The molecule has 0 aliphatic carbocycles. The van der Waals surface area contributed by atoms with Gasteiger partial charge in [0.15, 0.2) is 0 Å². The maximum absolute atomic E-state index is 13.6. The van der Waals surface area contributed by atoms with Crippen molar-refractivity contribution in [1.29, 1.82) is 0 Å². The average Bonchev–Trinajstić information content (AvgIpc) is 2.50. The Bertz CT molecular complexity index is 538. The van der Waals surface area contributed by atoms with E-state index in [1.807, 2.05) is 4.90 Å². The fourth-order valence-electron chi connectivity index (χ4n) is 3.60. The molecule has 3 nitrogen and oxygen atoms in total. The Morgan fingerprint density at radius 1 is 1.33 bits per heavy atom. The highest BCUT2D eigenvalue weighted by Gasteiger charge is 2.38. The number of piperidine rings is 2. The molecule has 3 rings (SSSR count). The van der Waals surface area contributed by atoms with Crippen molar-refractivity contribution >= 4 is 21.8 Å². The van der Waals surface area contributed by atoms with E-state index < -0.39 is 0 Å². The highest BCUT2D eigenvalue weighted by atomic mass is 79.9. The Labute approximate surface area is 133 Å². The lowest BCUT2D eigenvalue weighted by Gasteiger charge is -2.45. The van der Waals surface area contributed by atoms with Gasteiger partial charge in [-0.05, 0) is 60.3 Å². The van der Waals surface area contributed by atoms with Gasteiger partial charge in [-0.25, -0.2) is 4.39 Å². The van der Waals surface area contributed by atoms with E-state index in [0.29, 0.717) is 5.56 Å². The number of nitrogens with one attached hydrogen (secondary N) is 1. The first-order chi connectivity index (χ1) is 10.1. The van der Waals surface area contributed by atoms with Gasteiger partial charge in [0.25, 0.3) is 5.91 Å². The summed E-state index contributed by atoms with van der Waals surface area (Å²) in [6.07, 6.45) is 4.55. The molecular weight excluding hydrogens is 335 g/mol. The van der Waals surface area contributed by atoms with E-state index in [-0.39, 0.29) is 21.6 Å². The van der Waals surface area contributed by atoms with Crippen LogP contribution in [0.4, 0.5) is 4.39 Å². The van der Waals surface area contributed by atoms with E-state index in [9.17, 15) is 9.18 Å². The van der Waals surface area contributed by atoms with Crippen molar-refractivity contribution in [2.24, 2.45) is 5.41 Å². The van der Waals surface area contributed by atoms with E-state index >= 15 is 0 Å². The molecule has 0 radical (unpaired) electrons. The molecule has 1 spiro atoms. The molecule has 1 aromatic rings. The second-order valence-electron chi connectivity index (χ2n) is 6.21. The summed E-state index contributed by atoms with van der Waals surface area (Å²) in [4.78, 5) is 14.6. The molecule has 1 unspecified atom stereocenters. The van der Waals surface area contributed by atoms with Crippen LogP contribution in [0.3, 0.4) is 0 Å². The van der Waals surface area contributed by atoms with Crippen LogP contribution in [0.1, 0.15) is 36.0 Å². The second-order valence-corrected chi connectivity index (χ2v) is 7.00. The Kier molecular flexibility index (Phi) is 4.31. The molecule has 2 aliphatic rings. The Morgan fingerprint density at radius 3 is 2.90 bits per heavy atom. The molecule has 1 N–H and O–H groups in total. The number of nitrogens with zero attached hydrogens (tertiary/aromatic N) is 1. The Hall–Kier alpha value is -0.940. The fourth-order valence-corrected chi connectivity index (χ4v) is 4.03. The number of amides is 1. The molecule has 1 amide bonds. The van der Waals surface area contributed by atoms with Gasteiger partial charge < -0.3 is 10.2 Å². The third-order valence-electron chi connectivity index (χ3n) is 4.69. The van der Waals surface area contributed by atoms with Crippen LogP contribution >= 0.6 is 15.9 Å². The molecule has 2 fully saturated rings. The lowest BCUT2D eigenvalue weighted by atomic mass is 9.74. The van der Waals surface area contributed by atoms with Crippen molar-refractivity contribution in [3.05, 3.63) is 34.1 Å². The lowest BCUT2D eigenvalue weighted by Crippen LogP contribution is -2.52. The minimum Gasteiger partial charge on any atom is -0.338 e. The van der Waals surface area contributed by atoms with Crippen molar-refractivity contribution in [3.8, 4) is 0 Å². The fraction of sp³-hybridized carbons (Fsp3) is 0.562. The molecule has 1 aromatic carbocycles. The number of benzene rings is 1. The van der Waals surface area contributed by atoms with Gasteiger partial charge in [-0.1, -0.05) is 6.07 Å². The van der Waals surface area contributed by atoms with Gasteiger partial charge in [-0.2, -0.15) is 0 Å². The van der Waals surface area contributed by atoms with Crippen LogP contribution in [0.2, 0.25) is 0 Å². The van der Waals surface area contributed by atoms with Crippen LogP contribution in [-0.2, 0) is 0 Å². The normalized spacial score (nSPS) is 26.1. The third-order valence-corrected chi connectivity index (χ3v) is 5.50. The molecule has 114 valence electrons. The van der Waals surface area contributed by atoms with Crippen molar-refractivity contribution in [1.82, 2.24) is 10.2 Å². The van der Waals surface area contributed by atoms with Gasteiger partial charge in [0.1, 0.15) is 5.82 Å². The number of carbonyl (C=O) groups is 1. The predicted molar refractivity (Wildman–Crippen MR) is 83.8 cm³/mol. The summed E-state index contributed by atoms with van der Waals surface area (Å²) in [5, 5.41) is 3.46. The van der Waals surface area contributed by atoms with Crippen molar-refractivity contribution in [2.45, 2.75) is 25.7 Å². The van der Waals surface area contributed by atoms with E-state index in [0.717, 1.165) is 32.6 Å². The zero-order valence-corrected chi connectivity index (χ0v) is 13.6. The number of hydrogen-bond acceptors (Lipinski definition) is 2. The van der Waals surface area contributed by atoms with Crippen molar-refractivity contribution < 1.29 is 9.18 Å². The SMILES string of the molecule is O=C(c1cccc(F)c1Br)N1CCCC2(CCCNC2)C1. The standard InChI is InChI=1S/C16H20BrFN2O/c17-14-12(4-1-5-13(14)18)15(21)20-9-3-7-16(11-20)6-2-8-19-10-16/h1,4-5,19H,2-3,6-11H2. The largest absolute Gasteiger partial charge is 0.338 e. The van der Waals surface area contributed by atoms with Crippen LogP contribution in [0, 0.1) is 11.2 Å². The smallest absolute Gasteiger partial charge is 0.255 e. The first-order valence-corrected chi connectivity index (χ1v) is 8.35. The summed E-state index contributed by atoms with van der Waals surface area (Å²) in [6, 6.07) is 4.65. The first-order valence-electron chi connectivity index (χ1n) is 7.55. The molecule has 0 bridgehead atoms. The maximum Gasteiger partial charge on any atom is 0.255 e. The number of carbonyl (C=O) groups excluding carboxylic acids is 1. The van der Waals surface area contributed by atoms with Crippen molar-refractivity contribution in [3.63, 3.8) is 0 Å². The molecule has 2 aliphatic heterocycles. The lowest BCUT2D eigenvalue weighted by molar-refractivity contribution is 0.0433. The van der Waals surface area contributed by atoms with E-state index in [4.69, 9.17) is 0 Å². The molecule has 0 saturated carbocycles. The van der Waals surface area contributed by atoms with Gasteiger partial charge in [0.05, 0.1) is 10.0 Å². The molecule has 5 heteroatoms. The minimum atomic E-state index is -0.382. The van der Waals surface area contributed by atoms with Gasteiger partial charge >= 0.3 is 0 Å². The average molecular weight is 355 g/mol. The zero-order chi connectivity index (χ0) is 14.9. The number of hydrogen-bond donors (Lipinski definition) is 1. The van der Waals surface area contributed by atoms with Crippen LogP contribution in [0.25, 0.3) is 0 Å². The summed E-state index contributed by atoms with van der Waals surface area (Å²) in [5.74, 6) is -0.446. The second kappa shape index (κ2) is 6.05. The van der Waals surface area contributed by atoms with E-state index in [2.05, 4.69) is 21.2 Å². The molecule has 2 saturated heterocycles. The molecule has 2 heterocycles.